The highest BCUT2D eigenvalue weighted by atomic mass is 16.6. The van der Waals surface area contributed by atoms with Crippen molar-refractivity contribution in [1.82, 2.24) is 0 Å². The lowest BCUT2D eigenvalue weighted by atomic mass is 10.1. The van der Waals surface area contributed by atoms with Crippen molar-refractivity contribution in [1.29, 1.82) is 10.5 Å². The molecule has 0 unspecified atom stereocenters. The van der Waals surface area contributed by atoms with E-state index in [9.17, 15) is 14.9 Å². The molecule has 100 valence electrons. The van der Waals surface area contributed by atoms with Gasteiger partial charge < -0.3 is 5.11 Å². The van der Waals surface area contributed by atoms with Gasteiger partial charge >= 0.3 is 5.97 Å². The number of nitrogens with one attached hydrogen (secondary N) is 1. The van der Waals surface area contributed by atoms with E-state index in [4.69, 9.17) is 15.6 Å². The van der Waals surface area contributed by atoms with E-state index in [1.807, 2.05) is 0 Å². The van der Waals surface area contributed by atoms with Gasteiger partial charge in [0.05, 0.1) is 16.2 Å². The topological polar surface area (TPSA) is 152 Å². The van der Waals surface area contributed by atoms with Crippen molar-refractivity contribution in [2.75, 3.05) is 5.43 Å². The van der Waals surface area contributed by atoms with Gasteiger partial charge in [-0.15, -0.1) is 0 Å². The number of nitro benzene ring substituents is 1. The number of non-ortho nitro benzene ring substituents is 1. The fraction of sp³-hybridized carbons (Fsp3) is 0.0909. The number of carboxylic acids is 1. The number of carboxylic acid groups (broad SMARTS) is 1. The lowest BCUT2D eigenvalue weighted by Crippen LogP contribution is -2.07. The molecule has 1 aromatic carbocycles. The van der Waals surface area contributed by atoms with Crippen LogP contribution in [0, 0.1) is 39.7 Å². The lowest BCUT2D eigenvalue weighted by molar-refractivity contribution is -0.384. The Balaban J connectivity index is 3.37. The monoisotopic (exact) mass is 273 g/mol. The number of nitro groups is 1. The Hall–Kier alpha value is -3.46. The molecule has 9 heteroatoms. The minimum atomic E-state index is -1.40. The number of nitrogens with zero attached hydrogens (tertiary/aromatic N) is 4. The number of rotatable bonds is 4. The molecular formula is C11H7N5O4. The first kappa shape index (κ1) is 14.6. The van der Waals surface area contributed by atoms with Gasteiger partial charge in [-0.05, 0) is 12.5 Å². The second-order valence-corrected chi connectivity index (χ2v) is 3.54. The van der Waals surface area contributed by atoms with Crippen LogP contribution in [0.25, 0.3) is 0 Å². The van der Waals surface area contributed by atoms with Crippen molar-refractivity contribution in [3.63, 3.8) is 0 Å². The van der Waals surface area contributed by atoms with Gasteiger partial charge in [0.25, 0.3) is 5.69 Å². The maximum Gasteiger partial charge on any atom is 0.338 e. The van der Waals surface area contributed by atoms with Crippen LogP contribution >= 0.6 is 0 Å². The van der Waals surface area contributed by atoms with E-state index in [1.165, 1.54) is 19.1 Å². The standard InChI is InChI=1S/C11H7N5O4/c1-6-2-8(16(19)20)3-9(11(17)18)10(6)15-14-7(4-12)5-13/h2-3,15H,1H3,(H,17,18). The van der Waals surface area contributed by atoms with Crippen LogP contribution in [0.4, 0.5) is 11.4 Å². The van der Waals surface area contributed by atoms with Crippen LogP contribution in [0.3, 0.4) is 0 Å². The summed E-state index contributed by atoms with van der Waals surface area (Å²) in [5.74, 6) is -1.40. The van der Waals surface area contributed by atoms with Gasteiger partial charge in [0, 0.05) is 12.1 Å². The van der Waals surface area contributed by atoms with E-state index in [-0.39, 0.29) is 22.5 Å². The molecule has 0 aliphatic heterocycles. The summed E-state index contributed by atoms with van der Waals surface area (Å²) >= 11 is 0. The summed E-state index contributed by atoms with van der Waals surface area (Å²) in [5, 5.41) is 40.2. The Morgan fingerprint density at radius 3 is 2.50 bits per heavy atom. The van der Waals surface area contributed by atoms with Crippen molar-refractivity contribution < 1.29 is 14.8 Å². The minimum Gasteiger partial charge on any atom is -0.478 e. The SMILES string of the molecule is Cc1cc([N+](=O)[O-])cc(C(=O)O)c1NN=C(C#N)C#N. The average Bonchev–Trinajstić information content (AvgIpc) is 2.40. The van der Waals surface area contributed by atoms with Crippen LogP contribution in [-0.2, 0) is 0 Å². The molecule has 2 N–H and O–H groups in total. The van der Waals surface area contributed by atoms with Gasteiger partial charge in [-0.25, -0.2) is 4.79 Å². The zero-order valence-corrected chi connectivity index (χ0v) is 10.1. The Kier molecular flexibility index (Phi) is 4.33. The Morgan fingerprint density at radius 2 is 2.05 bits per heavy atom. The molecule has 1 rings (SSSR count). The molecule has 0 aliphatic carbocycles. The number of benzene rings is 1. The van der Waals surface area contributed by atoms with Crippen LogP contribution < -0.4 is 5.43 Å². The molecule has 0 aliphatic rings. The van der Waals surface area contributed by atoms with Gasteiger partial charge in [-0.3, -0.25) is 15.5 Å². The number of hydrazone groups is 1. The zero-order chi connectivity index (χ0) is 15.3. The van der Waals surface area contributed by atoms with Crippen molar-refractivity contribution in [2.45, 2.75) is 6.92 Å². The predicted octanol–water partition coefficient (Wildman–Crippen LogP) is 1.42. The largest absolute Gasteiger partial charge is 0.478 e. The molecule has 1 aromatic rings. The molecule has 0 bridgehead atoms. The first-order chi connectivity index (χ1) is 9.40. The third-order valence-corrected chi connectivity index (χ3v) is 2.25. The zero-order valence-electron chi connectivity index (χ0n) is 10.1. The van der Waals surface area contributed by atoms with E-state index in [1.54, 1.807) is 0 Å². The Labute approximate surface area is 112 Å². The molecule has 9 nitrogen and oxygen atoms in total. The van der Waals surface area contributed by atoms with E-state index in [0.717, 1.165) is 12.1 Å². The lowest BCUT2D eigenvalue weighted by Gasteiger charge is -2.08. The third kappa shape index (κ3) is 3.05. The second kappa shape index (κ2) is 5.93. The molecule has 0 fully saturated rings. The highest BCUT2D eigenvalue weighted by Crippen LogP contribution is 2.27. The van der Waals surface area contributed by atoms with Gasteiger partial charge in [-0.1, -0.05) is 0 Å². The summed E-state index contributed by atoms with van der Waals surface area (Å²) < 4.78 is 0. The minimum absolute atomic E-state index is 0.0221. The molecule has 0 saturated heterocycles. The van der Waals surface area contributed by atoms with Crippen LogP contribution in [-0.4, -0.2) is 21.7 Å². The van der Waals surface area contributed by atoms with Gasteiger partial charge in [0.1, 0.15) is 12.1 Å². The molecule has 0 heterocycles. The number of nitriles is 2. The molecule has 0 saturated carbocycles. The summed E-state index contributed by atoms with van der Waals surface area (Å²) in [5.41, 5.74) is 1.24. The number of carbonyl (C=O) groups is 1. The number of anilines is 1. The molecule has 0 amide bonds. The van der Waals surface area contributed by atoms with Crippen LogP contribution in [0.15, 0.2) is 17.2 Å². The number of hydrogen-bond acceptors (Lipinski definition) is 7. The molecule has 0 atom stereocenters. The van der Waals surface area contributed by atoms with E-state index >= 15 is 0 Å². The average molecular weight is 273 g/mol. The molecule has 20 heavy (non-hydrogen) atoms. The Bertz CT molecular complexity index is 680. The quantitative estimate of drug-likeness (QED) is 0.477. The molecule has 0 aromatic heterocycles. The highest BCUT2D eigenvalue weighted by Gasteiger charge is 2.19. The van der Waals surface area contributed by atoms with Crippen molar-refractivity contribution in [3.8, 4) is 12.1 Å². The molecular weight excluding hydrogens is 266 g/mol. The maximum atomic E-state index is 11.1. The van der Waals surface area contributed by atoms with E-state index < -0.39 is 16.6 Å². The summed E-state index contributed by atoms with van der Waals surface area (Å²) in [6.45, 7) is 1.44. The first-order valence-corrected chi connectivity index (χ1v) is 5.07. The molecule has 0 spiro atoms. The summed E-state index contributed by atoms with van der Waals surface area (Å²) in [4.78, 5) is 21.0. The van der Waals surface area contributed by atoms with Gasteiger partial charge in [0.15, 0.2) is 0 Å². The predicted molar refractivity (Wildman–Crippen MR) is 67.1 cm³/mol. The van der Waals surface area contributed by atoms with Crippen LogP contribution in [0.5, 0.6) is 0 Å². The summed E-state index contributed by atoms with van der Waals surface area (Å²) in [6.07, 6.45) is 0. The van der Waals surface area contributed by atoms with Crippen LogP contribution in [0.1, 0.15) is 15.9 Å². The third-order valence-electron chi connectivity index (χ3n) is 2.25. The first-order valence-electron chi connectivity index (χ1n) is 5.07. The van der Waals surface area contributed by atoms with E-state index in [2.05, 4.69) is 10.5 Å². The van der Waals surface area contributed by atoms with Crippen molar-refractivity contribution in [2.24, 2.45) is 5.10 Å². The number of aryl methyl sites for hydroxylation is 1. The number of aromatic carboxylic acids is 1. The Morgan fingerprint density at radius 1 is 1.45 bits per heavy atom. The smallest absolute Gasteiger partial charge is 0.338 e. The van der Waals surface area contributed by atoms with Gasteiger partial charge in [0.2, 0.25) is 5.71 Å². The fourth-order valence-electron chi connectivity index (χ4n) is 1.38. The summed E-state index contributed by atoms with van der Waals surface area (Å²) in [7, 11) is 0. The van der Waals surface area contributed by atoms with Crippen molar-refractivity contribution in [3.05, 3.63) is 33.4 Å². The number of hydrogen-bond donors (Lipinski definition) is 2. The molecule has 0 radical (unpaired) electrons. The van der Waals surface area contributed by atoms with E-state index in [0.29, 0.717) is 0 Å². The van der Waals surface area contributed by atoms with Crippen LogP contribution in [0.2, 0.25) is 0 Å². The van der Waals surface area contributed by atoms with Gasteiger partial charge in [-0.2, -0.15) is 15.6 Å². The van der Waals surface area contributed by atoms with Crippen molar-refractivity contribution >= 4 is 23.1 Å². The fourth-order valence-corrected chi connectivity index (χ4v) is 1.38. The summed E-state index contributed by atoms with van der Waals surface area (Å²) in [6, 6.07) is 5.00. The highest BCUT2D eigenvalue weighted by molar-refractivity contribution is 6.10. The maximum absolute atomic E-state index is 11.1. The normalized spacial score (nSPS) is 8.95. The second-order valence-electron chi connectivity index (χ2n) is 3.54.